The highest BCUT2D eigenvalue weighted by molar-refractivity contribution is 6.30. The Morgan fingerprint density at radius 1 is 1.06 bits per heavy atom. The van der Waals surface area contributed by atoms with Crippen LogP contribution in [0.25, 0.3) is 11.0 Å². The number of pyridine rings is 2. The Hall–Kier alpha value is -3.19. The second kappa shape index (κ2) is 9.31. The summed E-state index contributed by atoms with van der Waals surface area (Å²) in [5, 5.41) is 4.01. The molecule has 31 heavy (non-hydrogen) atoms. The number of nitrogens with one attached hydrogen (secondary N) is 1. The molecule has 0 radical (unpaired) electrons. The van der Waals surface area contributed by atoms with Gasteiger partial charge >= 0.3 is 0 Å². The Labute approximate surface area is 184 Å². The molecule has 2 aromatic heterocycles. The molecule has 1 fully saturated rings. The maximum absolute atomic E-state index is 13.2. The number of carbonyl (C=O) groups excluding carboxylic acids is 2. The molecule has 8 heteroatoms. The van der Waals surface area contributed by atoms with Crippen molar-refractivity contribution in [3.63, 3.8) is 0 Å². The molecule has 1 aromatic carbocycles. The van der Waals surface area contributed by atoms with E-state index in [1.807, 2.05) is 12.1 Å². The van der Waals surface area contributed by atoms with Crippen LogP contribution in [0.3, 0.4) is 0 Å². The SMILES string of the molecule is O=C(NCc1ccc(Cl)cc1)c1cc2cccnc2n(CC(=O)N2CCCCC2)c1=O. The van der Waals surface area contributed by atoms with Crippen LogP contribution in [0.1, 0.15) is 35.2 Å². The molecule has 0 spiro atoms. The predicted octanol–water partition coefficient (Wildman–Crippen LogP) is 2.99. The Morgan fingerprint density at radius 3 is 2.55 bits per heavy atom. The fourth-order valence-electron chi connectivity index (χ4n) is 3.77. The van der Waals surface area contributed by atoms with Gasteiger partial charge in [0.25, 0.3) is 11.5 Å². The molecule has 2 amide bonds. The van der Waals surface area contributed by atoms with Crippen LogP contribution in [0.15, 0.2) is 53.5 Å². The molecule has 1 N–H and O–H groups in total. The highest BCUT2D eigenvalue weighted by Crippen LogP contribution is 2.14. The van der Waals surface area contributed by atoms with Crippen LogP contribution in [0.5, 0.6) is 0 Å². The average Bonchev–Trinajstić information content (AvgIpc) is 2.80. The monoisotopic (exact) mass is 438 g/mol. The zero-order chi connectivity index (χ0) is 21.8. The molecule has 1 aliphatic rings. The van der Waals surface area contributed by atoms with Crippen LogP contribution in [0.2, 0.25) is 5.02 Å². The summed E-state index contributed by atoms with van der Waals surface area (Å²) in [7, 11) is 0. The maximum Gasteiger partial charge on any atom is 0.265 e. The number of aromatic nitrogens is 2. The summed E-state index contributed by atoms with van der Waals surface area (Å²) in [5.74, 6) is -0.627. The summed E-state index contributed by atoms with van der Waals surface area (Å²) < 4.78 is 1.31. The molecule has 1 saturated heterocycles. The van der Waals surface area contributed by atoms with E-state index in [2.05, 4.69) is 10.3 Å². The number of hydrogen-bond acceptors (Lipinski definition) is 4. The lowest BCUT2D eigenvalue weighted by atomic mass is 10.1. The zero-order valence-electron chi connectivity index (χ0n) is 17.0. The fourth-order valence-corrected chi connectivity index (χ4v) is 3.90. The van der Waals surface area contributed by atoms with E-state index in [0.29, 0.717) is 29.1 Å². The summed E-state index contributed by atoms with van der Waals surface area (Å²) in [6.45, 7) is 1.51. The number of rotatable bonds is 5. The van der Waals surface area contributed by atoms with Crippen LogP contribution in [-0.4, -0.2) is 39.4 Å². The molecule has 7 nitrogen and oxygen atoms in total. The third kappa shape index (κ3) is 4.77. The summed E-state index contributed by atoms with van der Waals surface area (Å²) in [5.41, 5.74) is 0.721. The molecule has 3 heterocycles. The van der Waals surface area contributed by atoms with Crippen LogP contribution < -0.4 is 10.9 Å². The van der Waals surface area contributed by atoms with Gasteiger partial charge in [-0.25, -0.2) is 4.98 Å². The van der Waals surface area contributed by atoms with Crippen molar-refractivity contribution in [3.05, 3.63) is 75.2 Å². The number of carbonyl (C=O) groups is 2. The van der Waals surface area contributed by atoms with Crippen molar-refractivity contribution >= 4 is 34.4 Å². The van der Waals surface area contributed by atoms with Gasteiger partial charge in [-0.15, -0.1) is 0 Å². The molecule has 0 saturated carbocycles. The third-order valence-corrected chi connectivity index (χ3v) is 5.71. The summed E-state index contributed by atoms with van der Waals surface area (Å²) in [6.07, 6.45) is 4.61. The highest BCUT2D eigenvalue weighted by atomic mass is 35.5. The van der Waals surface area contributed by atoms with Gasteiger partial charge in [0.2, 0.25) is 5.91 Å². The van der Waals surface area contributed by atoms with Crippen molar-refractivity contribution in [2.45, 2.75) is 32.4 Å². The minimum Gasteiger partial charge on any atom is -0.348 e. The number of nitrogens with zero attached hydrogens (tertiary/aromatic N) is 3. The molecule has 1 aliphatic heterocycles. The number of likely N-dealkylation sites (tertiary alicyclic amines) is 1. The largest absolute Gasteiger partial charge is 0.348 e. The van der Waals surface area contributed by atoms with E-state index in [1.54, 1.807) is 35.4 Å². The van der Waals surface area contributed by atoms with Crippen molar-refractivity contribution in [2.24, 2.45) is 0 Å². The second-order valence-electron chi connectivity index (χ2n) is 7.62. The lowest BCUT2D eigenvalue weighted by Gasteiger charge is -2.27. The van der Waals surface area contributed by atoms with E-state index >= 15 is 0 Å². The molecule has 0 unspecified atom stereocenters. The van der Waals surface area contributed by atoms with E-state index in [9.17, 15) is 14.4 Å². The number of amides is 2. The van der Waals surface area contributed by atoms with E-state index in [0.717, 1.165) is 24.8 Å². The van der Waals surface area contributed by atoms with Gasteiger partial charge in [-0.1, -0.05) is 23.7 Å². The fraction of sp³-hybridized carbons (Fsp3) is 0.304. The van der Waals surface area contributed by atoms with Crippen molar-refractivity contribution in [1.82, 2.24) is 19.8 Å². The molecule has 0 atom stereocenters. The van der Waals surface area contributed by atoms with Crippen LogP contribution in [0.4, 0.5) is 0 Å². The number of hydrogen-bond donors (Lipinski definition) is 1. The van der Waals surface area contributed by atoms with Gasteiger partial charge < -0.3 is 10.2 Å². The van der Waals surface area contributed by atoms with Crippen LogP contribution in [-0.2, 0) is 17.9 Å². The first-order valence-corrected chi connectivity index (χ1v) is 10.7. The van der Waals surface area contributed by atoms with Gasteiger partial charge in [0, 0.05) is 36.2 Å². The van der Waals surface area contributed by atoms with Crippen LogP contribution >= 0.6 is 11.6 Å². The van der Waals surface area contributed by atoms with Crippen molar-refractivity contribution in [1.29, 1.82) is 0 Å². The minimum atomic E-state index is -0.523. The Bertz CT molecular complexity index is 1170. The second-order valence-corrected chi connectivity index (χ2v) is 8.05. The lowest BCUT2D eigenvalue weighted by molar-refractivity contribution is -0.132. The van der Waals surface area contributed by atoms with Crippen molar-refractivity contribution < 1.29 is 9.59 Å². The summed E-state index contributed by atoms with van der Waals surface area (Å²) in [4.78, 5) is 44.9. The number of piperidine rings is 1. The number of fused-ring (bicyclic) bond motifs is 1. The highest BCUT2D eigenvalue weighted by Gasteiger charge is 2.21. The molecule has 160 valence electrons. The first-order valence-electron chi connectivity index (χ1n) is 10.3. The number of benzene rings is 1. The normalized spacial score (nSPS) is 13.9. The molecule has 0 bridgehead atoms. The van der Waals surface area contributed by atoms with Crippen molar-refractivity contribution in [2.75, 3.05) is 13.1 Å². The third-order valence-electron chi connectivity index (χ3n) is 5.46. The van der Waals surface area contributed by atoms with Crippen LogP contribution in [0, 0.1) is 0 Å². The summed E-state index contributed by atoms with van der Waals surface area (Å²) >= 11 is 5.89. The van der Waals surface area contributed by atoms with E-state index < -0.39 is 11.5 Å². The Balaban J connectivity index is 1.62. The quantitative estimate of drug-likeness (QED) is 0.663. The molecular formula is C23H23ClN4O3. The van der Waals surface area contributed by atoms with Gasteiger partial charge in [-0.3, -0.25) is 19.0 Å². The van der Waals surface area contributed by atoms with Gasteiger partial charge in [-0.05, 0) is 55.2 Å². The smallest absolute Gasteiger partial charge is 0.265 e. The Kier molecular flexibility index (Phi) is 6.32. The molecule has 3 aromatic rings. The summed E-state index contributed by atoms with van der Waals surface area (Å²) in [6, 6.07) is 12.1. The van der Waals surface area contributed by atoms with Gasteiger partial charge in [0.15, 0.2) is 0 Å². The average molecular weight is 439 g/mol. The Morgan fingerprint density at radius 2 is 1.81 bits per heavy atom. The van der Waals surface area contributed by atoms with E-state index in [-0.39, 0.29) is 24.6 Å². The zero-order valence-corrected chi connectivity index (χ0v) is 17.8. The first-order chi connectivity index (χ1) is 15.0. The molecule has 0 aliphatic carbocycles. The van der Waals surface area contributed by atoms with E-state index in [1.165, 1.54) is 10.6 Å². The minimum absolute atomic E-state index is 0.0130. The number of halogens is 1. The first kappa shape index (κ1) is 21.1. The standard InChI is InChI=1S/C23H23ClN4O3/c24-18-8-6-16(7-9-18)14-26-22(30)19-13-17-5-4-10-25-21(17)28(23(19)31)15-20(29)27-11-2-1-3-12-27/h4-10,13H,1-3,11-12,14-15H2,(H,26,30). The van der Waals surface area contributed by atoms with Gasteiger partial charge in [0.1, 0.15) is 17.8 Å². The van der Waals surface area contributed by atoms with E-state index in [4.69, 9.17) is 11.6 Å². The topological polar surface area (TPSA) is 84.3 Å². The van der Waals surface area contributed by atoms with Gasteiger partial charge in [0.05, 0.1) is 0 Å². The molecular weight excluding hydrogens is 416 g/mol. The lowest BCUT2D eigenvalue weighted by Crippen LogP contribution is -2.41. The van der Waals surface area contributed by atoms with Crippen molar-refractivity contribution in [3.8, 4) is 0 Å². The molecule has 4 rings (SSSR count). The maximum atomic E-state index is 13.2. The predicted molar refractivity (Wildman–Crippen MR) is 119 cm³/mol. The van der Waals surface area contributed by atoms with Gasteiger partial charge in [-0.2, -0.15) is 0 Å².